The molecule has 1 heterocycles. The zero-order valence-corrected chi connectivity index (χ0v) is 19.0. The number of nitrogens with one attached hydrogen (secondary N) is 1. The first-order valence-corrected chi connectivity index (χ1v) is 10.4. The van der Waals surface area contributed by atoms with Crippen molar-refractivity contribution in [2.75, 3.05) is 24.4 Å². The topological polar surface area (TPSA) is 67.9 Å². The number of hydrogen-bond donors (Lipinski definition) is 1. The van der Waals surface area contributed by atoms with Crippen molar-refractivity contribution in [1.29, 1.82) is 0 Å². The molecule has 3 aromatic rings. The van der Waals surface area contributed by atoms with Crippen molar-refractivity contribution in [3.8, 4) is 11.5 Å². The standard InChI is InChI=1S/C26H22F2N2O4/c1-14-5-8-18(15(2)11-14)23-24(29-20-13-17(33-3)7-10-22(20)34-4)26(32)30(25(23)31)21-9-6-16(27)12-19(21)28/h5-13,29H,1-4H3. The molecule has 0 saturated heterocycles. The van der Waals surface area contributed by atoms with Gasteiger partial charge in [0.1, 0.15) is 28.8 Å². The van der Waals surface area contributed by atoms with Crippen molar-refractivity contribution in [2.45, 2.75) is 13.8 Å². The van der Waals surface area contributed by atoms with Crippen molar-refractivity contribution in [3.05, 3.63) is 88.6 Å². The van der Waals surface area contributed by atoms with Crippen LogP contribution in [0.5, 0.6) is 11.5 Å². The molecule has 3 aromatic carbocycles. The Morgan fingerprint density at radius 1 is 0.853 bits per heavy atom. The molecule has 4 rings (SSSR count). The number of hydrogen-bond acceptors (Lipinski definition) is 5. The van der Waals surface area contributed by atoms with Crippen molar-refractivity contribution >= 4 is 28.8 Å². The summed E-state index contributed by atoms with van der Waals surface area (Å²) in [6.45, 7) is 3.73. The van der Waals surface area contributed by atoms with Crippen LogP contribution in [0.3, 0.4) is 0 Å². The summed E-state index contributed by atoms with van der Waals surface area (Å²) in [5.41, 5.74) is 2.29. The molecule has 0 spiro atoms. The Bertz CT molecular complexity index is 1350. The number of nitrogens with zero attached hydrogens (tertiary/aromatic N) is 1. The van der Waals surface area contributed by atoms with Gasteiger partial charge in [-0.2, -0.15) is 0 Å². The third-order valence-corrected chi connectivity index (χ3v) is 5.55. The fraction of sp³-hybridized carbons (Fsp3) is 0.154. The summed E-state index contributed by atoms with van der Waals surface area (Å²) in [6, 6.07) is 13.1. The lowest BCUT2D eigenvalue weighted by atomic mass is 9.97. The summed E-state index contributed by atoms with van der Waals surface area (Å²) in [5.74, 6) is -2.46. The third-order valence-electron chi connectivity index (χ3n) is 5.55. The molecule has 1 aliphatic rings. The Morgan fingerprint density at radius 2 is 1.62 bits per heavy atom. The Morgan fingerprint density at radius 3 is 2.26 bits per heavy atom. The molecule has 0 radical (unpaired) electrons. The molecular formula is C26H22F2N2O4. The predicted octanol–water partition coefficient (Wildman–Crippen LogP) is 5.00. The zero-order chi connectivity index (χ0) is 24.6. The number of rotatable bonds is 6. The summed E-state index contributed by atoms with van der Waals surface area (Å²) in [7, 11) is 2.96. The summed E-state index contributed by atoms with van der Waals surface area (Å²) in [5, 5.41) is 3.00. The number of methoxy groups -OCH3 is 2. The van der Waals surface area contributed by atoms with E-state index in [0.717, 1.165) is 23.3 Å². The molecule has 6 nitrogen and oxygen atoms in total. The number of ether oxygens (including phenoxy) is 2. The van der Waals surface area contributed by atoms with E-state index < -0.39 is 23.4 Å². The lowest BCUT2D eigenvalue weighted by molar-refractivity contribution is -0.120. The quantitative estimate of drug-likeness (QED) is 0.521. The highest BCUT2D eigenvalue weighted by Crippen LogP contribution is 2.38. The number of amides is 2. The molecule has 0 atom stereocenters. The molecule has 1 N–H and O–H groups in total. The maximum Gasteiger partial charge on any atom is 0.282 e. The van der Waals surface area contributed by atoms with Crippen LogP contribution in [0.1, 0.15) is 16.7 Å². The van der Waals surface area contributed by atoms with Crippen molar-refractivity contribution in [2.24, 2.45) is 0 Å². The zero-order valence-electron chi connectivity index (χ0n) is 19.0. The number of anilines is 2. The van der Waals surface area contributed by atoms with Crippen LogP contribution in [-0.4, -0.2) is 26.0 Å². The number of carbonyl (C=O) groups is 2. The normalized spacial score (nSPS) is 13.5. The van der Waals surface area contributed by atoms with Crippen LogP contribution in [-0.2, 0) is 9.59 Å². The van der Waals surface area contributed by atoms with Gasteiger partial charge in [0.15, 0.2) is 0 Å². The molecule has 0 unspecified atom stereocenters. The molecule has 174 valence electrons. The highest BCUT2D eigenvalue weighted by Gasteiger charge is 2.42. The van der Waals surface area contributed by atoms with Crippen molar-refractivity contribution in [1.82, 2.24) is 0 Å². The van der Waals surface area contributed by atoms with E-state index in [4.69, 9.17) is 9.47 Å². The van der Waals surface area contributed by atoms with E-state index in [1.165, 1.54) is 14.2 Å². The van der Waals surface area contributed by atoms with Gasteiger partial charge in [-0.15, -0.1) is 0 Å². The van der Waals surface area contributed by atoms with Gasteiger partial charge < -0.3 is 14.8 Å². The fourth-order valence-electron chi connectivity index (χ4n) is 3.92. The Balaban J connectivity index is 1.90. The lowest BCUT2D eigenvalue weighted by Crippen LogP contribution is -2.33. The van der Waals surface area contributed by atoms with E-state index in [-0.39, 0.29) is 17.0 Å². The number of carbonyl (C=O) groups excluding carboxylic acids is 2. The SMILES string of the molecule is COc1ccc(OC)c(NC2=C(c3ccc(C)cc3C)C(=O)N(c3ccc(F)cc3F)C2=O)c1. The Kier molecular flexibility index (Phi) is 6.06. The van der Waals surface area contributed by atoms with E-state index in [1.54, 1.807) is 24.3 Å². The second-order valence-corrected chi connectivity index (χ2v) is 7.80. The summed E-state index contributed by atoms with van der Waals surface area (Å²) >= 11 is 0. The second kappa shape index (κ2) is 8.97. The molecular weight excluding hydrogens is 442 g/mol. The van der Waals surface area contributed by atoms with Gasteiger partial charge in [-0.25, -0.2) is 13.7 Å². The summed E-state index contributed by atoms with van der Waals surface area (Å²) in [6.07, 6.45) is 0. The van der Waals surface area contributed by atoms with E-state index in [0.29, 0.717) is 33.7 Å². The fourth-order valence-corrected chi connectivity index (χ4v) is 3.92. The van der Waals surface area contributed by atoms with E-state index >= 15 is 0 Å². The van der Waals surface area contributed by atoms with E-state index in [9.17, 15) is 18.4 Å². The van der Waals surface area contributed by atoms with Gasteiger partial charge in [-0.3, -0.25) is 9.59 Å². The molecule has 2 amide bonds. The van der Waals surface area contributed by atoms with Gasteiger partial charge >= 0.3 is 0 Å². The van der Waals surface area contributed by atoms with Crippen LogP contribution < -0.4 is 19.7 Å². The van der Waals surface area contributed by atoms with Gasteiger partial charge in [0.2, 0.25) is 0 Å². The lowest BCUT2D eigenvalue weighted by Gasteiger charge is -2.17. The van der Waals surface area contributed by atoms with Gasteiger partial charge in [-0.1, -0.05) is 23.8 Å². The first-order valence-electron chi connectivity index (χ1n) is 10.4. The van der Waals surface area contributed by atoms with Crippen molar-refractivity contribution < 1.29 is 27.8 Å². The van der Waals surface area contributed by atoms with Crippen LogP contribution in [0.2, 0.25) is 0 Å². The molecule has 0 fully saturated rings. The molecule has 34 heavy (non-hydrogen) atoms. The smallest absolute Gasteiger partial charge is 0.282 e. The highest BCUT2D eigenvalue weighted by molar-refractivity contribution is 6.46. The number of halogens is 2. The van der Waals surface area contributed by atoms with Crippen LogP contribution in [0.4, 0.5) is 20.2 Å². The molecule has 0 bridgehead atoms. The first kappa shape index (κ1) is 23.0. The minimum absolute atomic E-state index is 0.0627. The van der Waals surface area contributed by atoms with Crippen LogP contribution in [0.25, 0.3) is 5.57 Å². The van der Waals surface area contributed by atoms with Gasteiger partial charge in [-0.05, 0) is 49.2 Å². The van der Waals surface area contributed by atoms with E-state index in [1.807, 2.05) is 26.0 Å². The molecule has 1 aliphatic heterocycles. The minimum Gasteiger partial charge on any atom is -0.497 e. The van der Waals surface area contributed by atoms with Gasteiger partial charge in [0.05, 0.1) is 31.2 Å². The Hall–Kier alpha value is -4.20. The monoisotopic (exact) mass is 464 g/mol. The predicted molar refractivity (Wildman–Crippen MR) is 125 cm³/mol. The summed E-state index contributed by atoms with van der Waals surface area (Å²) < 4.78 is 38.8. The summed E-state index contributed by atoms with van der Waals surface area (Å²) in [4.78, 5) is 27.8. The Labute approximate surface area is 195 Å². The van der Waals surface area contributed by atoms with Gasteiger partial charge in [0.25, 0.3) is 11.8 Å². The number of aryl methyl sites for hydroxylation is 2. The van der Waals surface area contributed by atoms with Crippen LogP contribution >= 0.6 is 0 Å². The van der Waals surface area contributed by atoms with Crippen molar-refractivity contribution in [3.63, 3.8) is 0 Å². The van der Waals surface area contributed by atoms with Crippen LogP contribution in [0, 0.1) is 25.5 Å². The van der Waals surface area contributed by atoms with Crippen LogP contribution in [0.15, 0.2) is 60.3 Å². The average molecular weight is 464 g/mol. The first-order chi connectivity index (χ1) is 16.2. The third kappa shape index (κ3) is 3.98. The highest BCUT2D eigenvalue weighted by atomic mass is 19.1. The average Bonchev–Trinajstić information content (AvgIpc) is 3.03. The van der Waals surface area contributed by atoms with E-state index in [2.05, 4.69) is 5.32 Å². The number of benzene rings is 3. The maximum atomic E-state index is 14.6. The molecule has 0 aromatic heterocycles. The minimum atomic E-state index is -1.03. The van der Waals surface area contributed by atoms with Gasteiger partial charge in [0, 0.05) is 12.1 Å². The number of imide groups is 1. The molecule has 8 heteroatoms. The second-order valence-electron chi connectivity index (χ2n) is 7.80. The molecule has 0 aliphatic carbocycles. The maximum absolute atomic E-state index is 14.6. The largest absolute Gasteiger partial charge is 0.497 e. The molecule has 0 saturated carbocycles.